The third kappa shape index (κ3) is 4.78. The van der Waals surface area contributed by atoms with E-state index in [-0.39, 0.29) is 6.04 Å². The Morgan fingerprint density at radius 3 is 2.75 bits per heavy atom. The van der Waals surface area contributed by atoms with Gasteiger partial charge in [0.25, 0.3) is 0 Å². The molecule has 0 aliphatic rings. The van der Waals surface area contributed by atoms with Gasteiger partial charge in [-0.05, 0) is 46.7 Å². The number of rotatable bonds is 7. The van der Waals surface area contributed by atoms with Gasteiger partial charge in [0.2, 0.25) is 0 Å². The average Bonchev–Trinajstić information content (AvgIpc) is 3.54. The number of aromatic nitrogens is 4. The molecule has 0 saturated heterocycles. The lowest BCUT2D eigenvalue weighted by Gasteiger charge is -2.16. The third-order valence-corrected chi connectivity index (χ3v) is 7.28. The summed E-state index contributed by atoms with van der Waals surface area (Å²) in [5.74, 6) is 0.726. The first-order chi connectivity index (χ1) is 17.4. The van der Waals surface area contributed by atoms with Gasteiger partial charge in [0.15, 0.2) is 5.82 Å². The van der Waals surface area contributed by atoms with Crippen LogP contribution in [-0.2, 0) is 13.6 Å². The van der Waals surface area contributed by atoms with Crippen LogP contribution in [0, 0.1) is 0 Å². The first kappa shape index (κ1) is 23.5. The molecule has 1 atom stereocenters. The molecular weight excluding hydrogens is 472 g/mol. The number of anilines is 1. The van der Waals surface area contributed by atoms with Gasteiger partial charge in [-0.2, -0.15) is 10.2 Å². The molecule has 5 rings (SSSR count). The molecule has 0 aliphatic heterocycles. The minimum atomic E-state index is -0.948. The molecule has 1 amide bonds. The number of carboxylic acid groups (broad SMARTS) is 1. The molecule has 0 saturated carbocycles. The number of nitrogens with zero attached hydrogens (tertiary/aromatic N) is 5. The number of benzene rings is 2. The largest absolute Gasteiger partial charge is 0.465 e. The Morgan fingerprint density at radius 1 is 1.14 bits per heavy atom. The van der Waals surface area contributed by atoms with Gasteiger partial charge in [0.05, 0.1) is 18.4 Å². The second-order valence-electron chi connectivity index (χ2n) is 8.80. The lowest BCUT2D eigenvalue weighted by atomic mass is 10.0. The molecule has 0 bridgehead atoms. The molecule has 9 heteroatoms. The lowest BCUT2D eigenvalue weighted by Crippen LogP contribution is -2.24. The topological polar surface area (TPSA) is 96.2 Å². The van der Waals surface area contributed by atoms with Gasteiger partial charge in [-0.15, -0.1) is 16.4 Å². The fraction of sp³-hybridized carbons (Fsp3) is 0.185. The van der Waals surface area contributed by atoms with E-state index in [9.17, 15) is 9.90 Å². The van der Waals surface area contributed by atoms with Crippen LogP contribution in [0.1, 0.15) is 23.4 Å². The van der Waals surface area contributed by atoms with Crippen LogP contribution in [0.3, 0.4) is 0 Å². The van der Waals surface area contributed by atoms with Crippen molar-refractivity contribution in [3.63, 3.8) is 0 Å². The number of amides is 1. The van der Waals surface area contributed by atoms with Crippen molar-refractivity contribution < 1.29 is 9.90 Å². The molecule has 3 aromatic heterocycles. The van der Waals surface area contributed by atoms with E-state index < -0.39 is 6.09 Å². The summed E-state index contributed by atoms with van der Waals surface area (Å²) in [5.41, 5.74) is 5.19. The fourth-order valence-corrected chi connectivity index (χ4v) is 5.11. The summed E-state index contributed by atoms with van der Waals surface area (Å²) in [6.45, 7) is 2.43. The Balaban J connectivity index is 1.41. The van der Waals surface area contributed by atoms with Crippen LogP contribution >= 0.6 is 11.3 Å². The molecular formula is C27H26N6O2S. The Hall–Kier alpha value is -4.24. The number of thiophene rings is 1. The third-order valence-electron chi connectivity index (χ3n) is 6.16. The van der Waals surface area contributed by atoms with Crippen molar-refractivity contribution >= 4 is 34.0 Å². The number of carbonyl (C=O) groups is 1. The minimum Gasteiger partial charge on any atom is -0.465 e. The SMILES string of the molecule is C[C@@H](Nc1nncc2ccc(-c3cnn(C)c3)cc12)c1cc(-c2ccccc2CN(C)C(=O)O)cs1. The molecule has 2 aromatic carbocycles. The molecule has 2 N–H and O–H groups in total. The maximum absolute atomic E-state index is 11.3. The predicted molar refractivity (Wildman–Crippen MR) is 143 cm³/mol. The van der Waals surface area contributed by atoms with E-state index in [0.29, 0.717) is 6.54 Å². The Morgan fingerprint density at radius 2 is 1.97 bits per heavy atom. The Bertz CT molecular complexity index is 1540. The van der Waals surface area contributed by atoms with Crippen molar-refractivity contribution in [1.29, 1.82) is 0 Å². The maximum atomic E-state index is 11.3. The zero-order chi connectivity index (χ0) is 25.2. The molecule has 0 spiro atoms. The van der Waals surface area contributed by atoms with Crippen molar-refractivity contribution in [1.82, 2.24) is 24.9 Å². The van der Waals surface area contributed by atoms with E-state index in [1.54, 1.807) is 29.3 Å². The second-order valence-corrected chi connectivity index (χ2v) is 9.74. The summed E-state index contributed by atoms with van der Waals surface area (Å²) in [6, 6.07) is 16.3. The summed E-state index contributed by atoms with van der Waals surface area (Å²) in [7, 11) is 3.48. The van der Waals surface area contributed by atoms with Gasteiger partial charge in [-0.25, -0.2) is 4.79 Å². The highest BCUT2D eigenvalue weighted by atomic mass is 32.1. The minimum absolute atomic E-state index is 0.000413. The van der Waals surface area contributed by atoms with Crippen LogP contribution in [0.15, 0.2) is 72.5 Å². The quantitative estimate of drug-likeness (QED) is 0.284. The van der Waals surface area contributed by atoms with Crippen LogP contribution in [0.2, 0.25) is 0 Å². The molecule has 8 nitrogen and oxygen atoms in total. The van der Waals surface area contributed by atoms with Gasteiger partial charge in [-0.3, -0.25) is 4.68 Å². The lowest BCUT2D eigenvalue weighted by molar-refractivity contribution is 0.154. The fourth-order valence-electron chi connectivity index (χ4n) is 4.19. The summed E-state index contributed by atoms with van der Waals surface area (Å²) in [4.78, 5) is 13.8. The zero-order valence-corrected chi connectivity index (χ0v) is 21.0. The zero-order valence-electron chi connectivity index (χ0n) is 20.2. The van der Waals surface area contributed by atoms with Crippen LogP contribution < -0.4 is 5.32 Å². The Kier molecular flexibility index (Phi) is 6.39. The first-order valence-corrected chi connectivity index (χ1v) is 12.4. The molecule has 0 radical (unpaired) electrons. The van der Waals surface area contributed by atoms with E-state index in [2.05, 4.69) is 57.2 Å². The molecule has 5 aromatic rings. The average molecular weight is 499 g/mol. The molecule has 3 heterocycles. The monoisotopic (exact) mass is 498 g/mol. The van der Waals surface area contributed by atoms with Gasteiger partial charge in [-0.1, -0.05) is 36.4 Å². The molecule has 0 fully saturated rings. The highest BCUT2D eigenvalue weighted by Gasteiger charge is 2.16. The van der Waals surface area contributed by atoms with Crippen molar-refractivity contribution in [2.45, 2.75) is 19.5 Å². The number of hydrogen-bond acceptors (Lipinski definition) is 6. The normalized spacial score (nSPS) is 12.0. The molecule has 0 unspecified atom stereocenters. The van der Waals surface area contributed by atoms with E-state index in [4.69, 9.17) is 0 Å². The summed E-state index contributed by atoms with van der Waals surface area (Å²) < 4.78 is 1.79. The van der Waals surface area contributed by atoms with Crippen LogP contribution in [0.25, 0.3) is 33.0 Å². The smallest absolute Gasteiger partial charge is 0.407 e. The first-order valence-electron chi connectivity index (χ1n) is 11.5. The molecule has 182 valence electrons. The van der Waals surface area contributed by atoms with Gasteiger partial charge >= 0.3 is 6.09 Å². The highest BCUT2D eigenvalue weighted by Crippen LogP contribution is 2.34. The molecule has 0 aliphatic carbocycles. The summed E-state index contributed by atoms with van der Waals surface area (Å²) in [5, 5.41) is 29.8. The summed E-state index contributed by atoms with van der Waals surface area (Å²) >= 11 is 1.66. The van der Waals surface area contributed by atoms with Crippen LogP contribution in [-0.4, -0.2) is 43.1 Å². The standard InChI is InChI=1S/C27H26N6O2S/c1-17(25-11-21(16-36-25)23-7-5-4-6-20(23)14-32(2)27(34)35)30-26-24-10-18(22-13-29-33(3)15-22)8-9-19(24)12-28-31-26/h4-13,15-17H,14H2,1-3H3,(H,30,31)(H,34,35)/t17-/m1/s1. The van der Waals surface area contributed by atoms with Gasteiger partial charge < -0.3 is 15.3 Å². The maximum Gasteiger partial charge on any atom is 0.407 e. The van der Waals surface area contributed by atoms with E-state index in [0.717, 1.165) is 49.3 Å². The van der Waals surface area contributed by atoms with Crippen LogP contribution in [0.4, 0.5) is 10.6 Å². The number of nitrogens with one attached hydrogen (secondary N) is 1. The van der Waals surface area contributed by atoms with Crippen molar-refractivity contribution in [2.24, 2.45) is 7.05 Å². The predicted octanol–water partition coefficient (Wildman–Crippen LogP) is 6.04. The Labute approximate surface area is 212 Å². The van der Waals surface area contributed by atoms with Gasteiger partial charge in [0, 0.05) is 48.0 Å². The number of aryl methyl sites for hydroxylation is 1. The van der Waals surface area contributed by atoms with E-state index >= 15 is 0 Å². The van der Waals surface area contributed by atoms with E-state index in [1.807, 2.05) is 43.7 Å². The highest BCUT2D eigenvalue weighted by molar-refractivity contribution is 7.10. The van der Waals surface area contributed by atoms with Crippen molar-refractivity contribution in [3.8, 4) is 22.3 Å². The van der Waals surface area contributed by atoms with Crippen molar-refractivity contribution in [3.05, 3.63) is 82.9 Å². The van der Waals surface area contributed by atoms with E-state index in [1.165, 1.54) is 4.90 Å². The second kappa shape index (κ2) is 9.79. The van der Waals surface area contributed by atoms with Crippen molar-refractivity contribution in [2.75, 3.05) is 12.4 Å². The van der Waals surface area contributed by atoms with Gasteiger partial charge in [0.1, 0.15) is 0 Å². The molecule has 36 heavy (non-hydrogen) atoms. The van der Waals surface area contributed by atoms with Crippen LogP contribution in [0.5, 0.6) is 0 Å². The number of fused-ring (bicyclic) bond motifs is 1. The number of hydrogen-bond donors (Lipinski definition) is 2. The summed E-state index contributed by atoms with van der Waals surface area (Å²) in [6.07, 6.45) is 4.67.